The van der Waals surface area contributed by atoms with Crippen molar-refractivity contribution in [2.75, 3.05) is 26.7 Å². The minimum absolute atomic E-state index is 0.715. The zero-order chi connectivity index (χ0) is 15.1. The van der Waals surface area contributed by atoms with Crippen molar-refractivity contribution < 1.29 is 4.74 Å². The number of hydrogen-bond donors (Lipinski definition) is 1. The van der Waals surface area contributed by atoms with E-state index in [1.807, 2.05) is 12.1 Å². The Morgan fingerprint density at radius 3 is 2.86 bits per heavy atom. The lowest BCUT2D eigenvalue weighted by Crippen LogP contribution is -2.42. The summed E-state index contributed by atoms with van der Waals surface area (Å²) < 4.78 is 5.23. The first-order chi connectivity index (χ1) is 10.2. The van der Waals surface area contributed by atoms with Gasteiger partial charge in [0, 0.05) is 19.6 Å². The number of nitrogens with two attached hydrogens (primary N) is 1. The molecule has 4 nitrogen and oxygen atoms in total. The third kappa shape index (κ3) is 4.96. The highest BCUT2D eigenvalue weighted by Crippen LogP contribution is 2.16. The monoisotopic (exact) mass is 289 g/mol. The molecule has 1 heterocycles. The number of ether oxygens (including phenoxy) is 1. The van der Waals surface area contributed by atoms with Gasteiger partial charge in [0.2, 0.25) is 0 Å². The van der Waals surface area contributed by atoms with Gasteiger partial charge in [-0.05, 0) is 49.3 Å². The Morgan fingerprint density at radius 2 is 2.14 bits per heavy atom. The van der Waals surface area contributed by atoms with Gasteiger partial charge in [-0.25, -0.2) is 0 Å². The molecule has 0 aromatic heterocycles. The van der Waals surface area contributed by atoms with Crippen LogP contribution in [0.25, 0.3) is 0 Å². The second-order valence-electron chi connectivity index (χ2n) is 5.86. The largest absolute Gasteiger partial charge is 0.497 e. The van der Waals surface area contributed by atoms with E-state index in [1.54, 1.807) is 7.11 Å². The molecule has 1 fully saturated rings. The van der Waals surface area contributed by atoms with Crippen molar-refractivity contribution in [3.8, 4) is 5.75 Å². The Labute approximate surface area is 128 Å². The molecule has 2 N–H and O–H groups in total. The Kier molecular flexibility index (Phi) is 5.90. The van der Waals surface area contributed by atoms with Crippen LogP contribution in [0.5, 0.6) is 5.75 Å². The lowest BCUT2D eigenvalue weighted by atomic mass is 10.00. The first-order valence-electron chi connectivity index (χ1n) is 7.87. The van der Waals surface area contributed by atoms with E-state index in [0.29, 0.717) is 5.96 Å². The molecule has 4 heteroatoms. The normalized spacial score (nSPS) is 17.0. The topological polar surface area (TPSA) is 50.9 Å². The van der Waals surface area contributed by atoms with Gasteiger partial charge < -0.3 is 15.4 Å². The van der Waals surface area contributed by atoms with E-state index < -0.39 is 0 Å². The first kappa shape index (κ1) is 15.7. The van der Waals surface area contributed by atoms with Gasteiger partial charge in [-0.15, -0.1) is 0 Å². The molecule has 2 rings (SSSR count). The van der Waals surface area contributed by atoms with Crippen LogP contribution in [0.1, 0.15) is 31.7 Å². The van der Waals surface area contributed by atoms with Crippen LogP contribution in [-0.4, -0.2) is 37.6 Å². The predicted octanol–water partition coefficient (Wildman–Crippen LogP) is 2.67. The van der Waals surface area contributed by atoms with Gasteiger partial charge in [-0.3, -0.25) is 4.99 Å². The predicted molar refractivity (Wildman–Crippen MR) is 87.8 cm³/mol. The van der Waals surface area contributed by atoms with Gasteiger partial charge in [0.05, 0.1) is 7.11 Å². The van der Waals surface area contributed by atoms with Gasteiger partial charge in [0.25, 0.3) is 0 Å². The molecule has 0 radical (unpaired) electrons. The smallest absolute Gasteiger partial charge is 0.191 e. The van der Waals surface area contributed by atoms with Gasteiger partial charge in [0.1, 0.15) is 5.75 Å². The van der Waals surface area contributed by atoms with E-state index >= 15 is 0 Å². The van der Waals surface area contributed by atoms with Crippen molar-refractivity contribution in [1.82, 2.24) is 4.90 Å². The highest BCUT2D eigenvalue weighted by molar-refractivity contribution is 5.78. The third-order valence-electron chi connectivity index (χ3n) is 4.14. The van der Waals surface area contributed by atoms with E-state index in [1.165, 1.54) is 18.4 Å². The Bertz CT molecular complexity index is 465. The van der Waals surface area contributed by atoms with Crippen LogP contribution in [0.3, 0.4) is 0 Å². The Morgan fingerprint density at radius 1 is 1.38 bits per heavy atom. The van der Waals surface area contributed by atoms with E-state index in [-0.39, 0.29) is 0 Å². The molecule has 0 spiro atoms. The number of likely N-dealkylation sites (tertiary alicyclic amines) is 1. The number of rotatable bonds is 5. The van der Waals surface area contributed by atoms with E-state index in [0.717, 1.165) is 44.1 Å². The average molecular weight is 289 g/mol. The fraction of sp³-hybridized carbons (Fsp3) is 0.588. The lowest BCUT2D eigenvalue weighted by molar-refractivity contribution is 0.277. The van der Waals surface area contributed by atoms with Crippen molar-refractivity contribution in [3.63, 3.8) is 0 Å². The van der Waals surface area contributed by atoms with Crippen molar-refractivity contribution in [1.29, 1.82) is 0 Å². The number of hydrogen-bond acceptors (Lipinski definition) is 2. The second kappa shape index (κ2) is 7.91. The average Bonchev–Trinajstić information content (AvgIpc) is 2.52. The number of benzene rings is 1. The maximum Gasteiger partial charge on any atom is 0.191 e. The van der Waals surface area contributed by atoms with E-state index in [4.69, 9.17) is 10.5 Å². The lowest BCUT2D eigenvalue weighted by Gasteiger charge is -2.31. The summed E-state index contributed by atoms with van der Waals surface area (Å²) in [6.45, 7) is 5.19. The summed E-state index contributed by atoms with van der Waals surface area (Å²) in [6.07, 6.45) is 4.46. The fourth-order valence-electron chi connectivity index (χ4n) is 2.64. The molecule has 0 bridgehead atoms. The quantitative estimate of drug-likeness (QED) is 0.515. The highest BCUT2D eigenvalue weighted by Gasteiger charge is 2.16. The summed E-state index contributed by atoms with van der Waals surface area (Å²) in [7, 11) is 1.70. The van der Waals surface area contributed by atoms with Gasteiger partial charge in [-0.2, -0.15) is 0 Å². The van der Waals surface area contributed by atoms with Gasteiger partial charge in [0.15, 0.2) is 5.96 Å². The molecular weight excluding hydrogens is 262 g/mol. The third-order valence-corrected chi connectivity index (χ3v) is 4.14. The van der Waals surface area contributed by atoms with Gasteiger partial charge in [-0.1, -0.05) is 19.1 Å². The van der Waals surface area contributed by atoms with Crippen molar-refractivity contribution in [2.24, 2.45) is 16.6 Å². The van der Waals surface area contributed by atoms with Crippen LogP contribution < -0.4 is 10.5 Å². The molecule has 0 atom stereocenters. The van der Waals surface area contributed by atoms with Crippen LogP contribution in [0.2, 0.25) is 0 Å². The first-order valence-corrected chi connectivity index (χ1v) is 7.87. The standard InChI is InChI=1S/C17H27N3O/c1-14-8-11-20(12-9-14)17(18)19-10-4-6-15-5-3-7-16(13-15)21-2/h3,5,7,13-14H,4,6,8-12H2,1-2H3,(H2,18,19). The van der Waals surface area contributed by atoms with Crippen molar-refractivity contribution >= 4 is 5.96 Å². The molecule has 1 aromatic rings. The summed E-state index contributed by atoms with van der Waals surface area (Å²) in [5.41, 5.74) is 7.36. The summed E-state index contributed by atoms with van der Waals surface area (Å²) in [4.78, 5) is 6.73. The maximum atomic E-state index is 6.07. The molecule has 1 saturated heterocycles. The zero-order valence-corrected chi connectivity index (χ0v) is 13.2. The van der Waals surface area contributed by atoms with Crippen LogP contribution in [0.15, 0.2) is 29.3 Å². The number of piperidine rings is 1. The molecule has 1 aromatic carbocycles. The molecular formula is C17H27N3O. The minimum Gasteiger partial charge on any atom is -0.497 e. The van der Waals surface area contributed by atoms with Crippen LogP contribution >= 0.6 is 0 Å². The highest BCUT2D eigenvalue weighted by atomic mass is 16.5. The molecule has 0 amide bonds. The molecule has 1 aliphatic rings. The van der Waals surface area contributed by atoms with Crippen LogP contribution in [0, 0.1) is 5.92 Å². The summed E-state index contributed by atoms with van der Waals surface area (Å²) in [5.74, 6) is 2.45. The zero-order valence-electron chi connectivity index (χ0n) is 13.2. The molecule has 116 valence electrons. The van der Waals surface area contributed by atoms with E-state index in [2.05, 4.69) is 28.9 Å². The molecule has 0 unspecified atom stereocenters. The fourth-order valence-corrected chi connectivity index (χ4v) is 2.64. The van der Waals surface area contributed by atoms with E-state index in [9.17, 15) is 0 Å². The molecule has 21 heavy (non-hydrogen) atoms. The molecule has 1 aliphatic heterocycles. The summed E-state index contributed by atoms with van der Waals surface area (Å²) >= 11 is 0. The van der Waals surface area contributed by atoms with Crippen molar-refractivity contribution in [3.05, 3.63) is 29.8 Å². The second-order valence-corrected chi connectivity index (χ2v) is 5.86. The molecule has 0 saturated carbocycles. The molecule has 0 aliphatic carbocycles. The SMILES string of the molecule is COc1cccc(CCCN=C(N)N2CCC(C)CC2)c1. The number of guanidine groups is 1. The number of methoxy groups -OCH3 is 1. The number of aryl methyl sites for hydroxylation is 1. The van der Waals surface area contributed by atoms with Crippen molar-refractivity contribution in [2.45, 2.75) is 32.6 Å². The summed E-state index contributed by atoms with van der Waals surface area (Å²) in [5, 5.41) is 0. The summed E-state index contributed by atoms with van der Waals surface area (Å²) in [6, 6.07) is 8.21. The minimum atomic E-state index is 0.715. The van der Waals surface area contributed by atoms with Crippen LogP contribution in [0.4, 0.5) is 0 Å². The number of aliphatic imine (C=N–C) groups is 1. The van der Waals surface area contributed by atoms with Crippen LogP contribution in [-0.2, 0) is 6.42 Å². The Hall–Kier alpha value is -1.71. The van der Waals surface area contributed by atoms with Gasteiger partial charge >= 0.3 is 0 Å². The maximum absolute atomic E-state index is 6.07. The Balaban J connectivity index is 1.74. The number of nitrogens with zero attached hydrogens (tertiary/aromatic N) is 2.